The number of imide groups is 1. The Kier molecular flexibility index (Phi) is 7.06. The van der Waals surface area contributed by atoms with Crippen LogP contribution < -0.4 is 5.32 Å². The molecular weight excluding hydrogens is 444 g/mol. The largest absolute Gasteiger partial charge is 0.451 e. The number of ether oxygens (including phenoxy) is 1. The zero-order valence-electron chi connectivity index (χ0n) is 19.6. The molecule has 0 aromatic heterocycles. The van der Waals surface area contributed by atoms with Crippen LogP contribution in [0.5, 0.6) is 0 Å². The van der Waals surface area contributed by atoms with E-state index in [9.17, 15) is 19.2 Å². The molecule has 2 atom stereocenters. The highest BCUT2D eigenvalue weighted by molar-refractivity contribution is 6.22. The van der Waals surface area contributed by atoms with E-state index >= 15 is 0 Å². The number of nitrogens with one attached hydrogen (secondary N) is 1. The molecule has 1 aliphatic rings. The minimum atomic E-state index is -1.22. The van der Waals surface area contributed by atoms with Crippen LogP contribution in [-0.4, -0.2) is 40.7 Å². The third kappa shape index (κ3) is 5.14. The van der Waals surface area contributed by atoms with Gasteiger partial charge in [-0.15, -0.1) is 0 Å². The summed E-state index contributed by atoms with van der Waals surface area (Å²) in [4.78, 5) is 53.0. The molecule has 0 radical (unpaired) electrons. The molecule has 178 valence electrons. The van der Waals surface area contributed by atoms with Gasteiger partial charge in [0.25, 0.3) is 17.7 Å². The number of amides is 3. The molecule has 1 heterocycles. The molecule has 4 rings (SSSR count). The molecule has 0 saturated heterocycles. The molecule has 7 heteroatoms. The van der Waals surface area contributed by atoms with E-state index in [-0.39, 0.29) is 17.5 Å². The third-order valence-electron chi connectivity index (χ3n) is 5.97. The fourth-order valence-electron chi connectivity index (χ4n) is 3.98. The van der Waals surface area contributed by atoms with E-state index in [0.717, 1.165) is 22.4 Å². The van der Waals surface area contributed by atoms with Crippen molar-refractivity contribution in [2.24, 2.45) is 0 Å². The number of esters is 1. The Morgan fingerprint density at radius 2 is 1.40 bits per heavy atom. The van der Waals surface area contributed by atoms with Crippen molar-refractivity contribution in [3.05, 3.63) is 101 Å². The maximum absolute atomic E-state index is 13.3. The highest BCUT2D eigenvalue weighted by atomic mass is 16.5. The summed E-state index contributed by atoms with van der Waals surface area (Å²) in [5.74, 6) is -2.45. The van der Waals surface area contributed by atoms with Crippen LogP contribution >= 0.6 is 0 Å². The van der Waals surface area contributed by atoms with Gasteiger partial charge in [-0.25, -0.2) is 4.79 Å². The van der Waals surface area contributed by atoms with E-state index in [1.807, 2.05) is 25.1 Å². The lowest BCUT2D eigenvalue weighted by Crippen LogP contribution is -2.48. The van der Waals surface area contributed by atoms with Crippen molar-refractivity contribution in [2.45, 2.75) is 38.8 Å². The average Bonchev–Trinajstić information content (AvgIpc) is 3.13. The second-order valence-corrected chi connectivity index (χ2v) is 8.35. The summed E-state index contributed by atoms with van der Waals surface area (Å²) in [6, 6.07) is 21.6. The zero-order valence-corrected chi connectivity index (χ0v) is 19.6. The van der Waals surface area contributed by atoms with Gasteiger partial charge in [-0.05, 0) is 48.7 Å². The standard InChI is InChI=1S/C28H26N2O5/c1-3-19-13-15-21(16-14-19)29-25(31)18(2)35-28(34)24(17-20-9-5-4-6-10-20)30-26(32)22-11-7-8-12-23(22)27(30)33/h4-16,18,24H,3,17H2,1-2H3,(H,29,31)/t18?,24-/m0/s1. The monoisotopic (exact) mass is 470 g/mol. The number of aryl methyl sites for hydroxylation is 1. The van der Waals surface area contributed by atoms with Crippen molar-refractivity contribution in [3.63, 3.8) is 0 Å². The average molecular weight is 471 g/mol. The van der Waals surface area contributed by atoms with Crippen molar-refractivity contribution in [3.8, 4) is 0 Å². The SMILES string of the molecule is CCc1ccc(NC(=O)C(C)OC(=O)[C@H](Cc2ccccc2)N2C(=O)c3ccccc3C2=O)cc1. The normalized spacial score (nSPS) is 14.3. The van der Waals surface area contributed by atoms with Gasteiger partial charge < -0.3 is 10.1 Å². The van der Waals surface area contributed by atoms with Crippen LogP contribution in [0.2, 0.25) is 0 Å². The zero-order chi connectivity index (χ0) is 24.9. The van der Waals surface area contributed by atoms with Gasteiger partial charge >= 0.3 is 5.97 Å². The first-order valence-corrected chi connectivity index (χ1v) is 11.5. The Morgan fingerprint density at radius 1 is 0.829 bits per heavy atom. The van der Waals surface area contributed by atoms with Crippen LogP contribution in [0.4, 0.5) is 5.69 Å². The fourth-order valence-corrected chi connectivity index (χ4v) is 3.98. The third-order valence-corrected chi connectivity index (χ3v) is 5.97. The Morgan fingerprint density at radius 3 is 1.97 bits per heavy atom. The number of benzene rings is 3. The number of fused-ring (bicyclic) bond motifs is 1. The summed E-state index contributed by atoms with van der Waals surface area (Å²) in [5.41, 5.74) is 2.94. The lowest BCUT2D eigenvalue weighted by atomic mass is 10.0. The van der Waals surface area contributed by atoms with E-state index in [1.54, 1.807) is 60.7 Å². The second-order valence-electron chi connectivity index (χ2n) is 8.35. The quantitative estimate of drug-likeness (QED) is 0.396. The molecule has 3 aromatic carbocycles. The Bertz CT molecular complexity index is 1220. The Labute approximate surface area is 203 Å². The highest BCUT2D eigenvalue weighted by Gasteiger charge is 2.44. The minimum absolute atomic E-state index is 0.0674. The molecule has 35 heavy (non-hydrogen) atoms. The first-order valence-electron chi connectivity index (χ1n) is 11.5. The minimum Gasteiger partial charge on any atom is -0.451 e. The van der Waals surface area contributed by atoms with Crippen LogP contribution in [0.25, 0.3) is 0 Å². The Balaban J connectivity index is 1.53. The van der Waals surface area contributed by atoms with Crippen molar-refractivity contribution in [2.75, 3.05) is 5.32 Å². The second kappa shape index (κ2) is 10.3. The number of hydrogen-bond acceptors (Lipinski definition) is 5. The van der Waals surface area contributed by atoms with E-state index in [2.05, 4.69) is 5.32 Å². The van der Waals surface area contributed by atoms with E-state index < -0.39 is 35.8 Å². The van der Waals surface area contributed by atoms with Gasteiger partial charge in [0.2, 0.25) is 0 Å². The van der Waals surface area contributed by atoms with Crippen LogP contribution in [0, 0.1) is 0 Å². The van der Waals surface area contributed by atoms with Gasteiger partial charge in [0.05, 0.1) is 11.1 Å². The van der Waals surface area contributed by atoms with Crippen LogP contribution in [0.15, 0.2) is 78.9 Å². The van der Waals surface area contributed by atoms with Crippen LogP contribution in [0.3, 0.4) is 0 Å². The summed E-state index contributed by atoms with van der Waals surface area (Å²) < 4.78 is 5.47. The molecule has 1 unspecified atom stereocenters. The summed E-state index contributed by atoms with van der Waals surface area (Å²) in [6.45, 7) is 3.49. The first kappa shape index (κ1) is 23.9. The summed E-state index contributed by atoms with van der Waals surface area (Å²) in [6.07, 6.45) is -0.192. The predicted octanol–water partition coefficient (Wildman–Crippen LogP) is 4.03. The van der Waals surface area contributed by atoms with Crippen molar-refractivity contribution in [1.82, 2.24) is 4.90 Å². The maximum atomic E-state index is 13.3. The maximum Gasteiger partial charge on any atom is 0.330 e. The fraction of sp³-hybridized carbons (Fsp3) is 0.214. The lowest BCUT2D eigenvalue weighted by molar-refractivity contribution is -0.157. The van der Waals surface area contributed by atoms with Crippen molar-refractivity contribution < 1.29 is 23.9 Å². The number of hydrogen-bond donors (Lipinski definition) is 1. The van der Waals surface area contributed by atoms with Crippen LogP contribution in [-0.2, 0) is 27.2 Å². The van der Waals surface area contributed by atoms with Crippen molar-refractivity contribution >= 4 is 29.4 Å². The highest BCUT2D eigenvalue weighted by Crippen LogP contribution is 2.27. The van der Waals surface area contributed by atoms with Gasteiger partial charge in [0.15, 0.2) is 6.10 Å². The van der Waals surface area contributed by atoms with Crippen LogP contribution in [0.1, 0.15) is 45.7 Å². The number of nitrogens with zero attached hydrogens (tertiary/aromatic N) is 1. The molecule has 1 aliphatic heterocycles. The molecule has 0 bridgehead atoms. The summed E-state index contributed by atoms with van der Waals surface area (Å²) in [5, 5.41) is 2.72. The number of carbonyl (C=O) groups excluding carboxylic acids is 4. The van der Waals surface area contributed by atoms with E-state index in [4.69, 9.17) is 4.74 Å². The van der Waals surface area contributed by atoms with Gasteiger partial charge in [0.1, 0.15) is 6.04 Å². The molecule has 0 fully saturated rings. The predicted molar refractivity (Wildman–Crippen MR) is 131 cm³/mol. The molecule has 0 spiro atoms. The van der Waals surface area contributed by atoms with Gasteiger partial charge in [-0.3, -0.25) is 19.3 Å². The Hall–Kier alpha value is -4.26. The number of rotatable bonds is 8. The number of anilines is 1. The summed E-state index contributed by atoms with van der Waals surface area (Å²) in [7, 11) is 0. The van der Waals surface area contributed by atoms with E-state index in [1.165, 1.54) is 6.92 Å². The lowest BCUT2D eigenvalue weighted by Gasteiger charge is -2.26. The van der Waals surface area contributed by atoms with Gasteiger partial charge in [-0.1, -0.05) is 61.5 Å². The molecule has 0 saturated carbocycles. The topological polar surface area (TPSA) is 92.8 Å². The van der Waals surface area contributed by atoms with Gasteiger partial charge in [0, 0.05) is 12.1 Å². The molecule has 0 aliphatic carbocycles. The van der Waals surface area contributed by atoms with Gasteiger partial charge in [-0.2, -0.15) is 0 Å². The van der Waals surface area contributed by atoms with Crippen molar-refractivity contribution in [1.29, 1.82) is 0 Å². The molecule has 3 aromatic rings. The molecule has 3 amide bonds. The molecule has 7 nitrogen and oxygen atoms in total. The number of carbonyl (C=O) groups is 4. The molecular formula is C28H26N2O5. The summed E-state index contributed by atoms with van der Waals surface area (Å²) >= 11 is 0. The molecule has 1 N–H and O–H groups in total. The first-order chi connectivity index (χ1) is 16.9. The van der Waals surface area contributed by atoms with E-state index in [0.29, 0.717) is 5.69 Å². The smallest absolute Gasteiger partial charge is 0.330 e.